The molecule has 0 saturated heterocycles. The van der Waals surface area contributed by atoms with Crippen molar-refractivity contribution >= 4 is 34.3 Å². The molecule has 2 aromatic heterocycles. The first-order valence-electron chi connectivity index (χ1n) is 8.32. The van der Waals surface area contributed by atoms with Crippen LogP contribution in [0.4, 0.5) is 11.5 Å². The fourth-order valence-electron chi connectivity index (χ4n) is 2.76. The summed E-state index contributed by atoms with van der Waals surface area (Å²) in [4.78, 5) is 11.4. The first-order valence-corrected chi connectivity index (χ1v) is 8.70. The highest BCUT2D eigenvalue weighted by Crippen LogP contribution is 2.35. The zero-order chi connectivity index (χ0) is 17.8. The third kappa shape index (κ3) is 3.38. The molecule has 132 valence electrons. The van der Waals surface area contributed by atoms with Gasteiger partial charge in [-0.05, 0) is 26.0 Å². The summed E-state index contributed by atoms with van der Waals surface area (Å²) >= 11 is 6.48. The van der Waals surface area contributed by atoms with E-state index in [-0.39, 0.29) is 0 Å². The molecule has 2 heterocycles. The van der Waals surface area contributed by atoms with Gasteiger partial charge in [0.25, 0.3) is 0 Å². The molecule has 1 aromatic carbocycles. The molecule has 3 aromatic rings. The molecule has 0 saturated carbocycles. The van der Waals surface area contributed by atoms with Crippen molar-refractivity contribution in [1.82, 2.24) is 20.2 Å². The van der Waals surface area contributed by atoms with Crippen LogP contribution in [0.15, 0.2) is 24.4 Å². The summed E-state index contributed by atoms with van der Waals surface area (Å²) in [7, 11) is 1.84. The lowest BCUT2D eigenvalue weighted by Crippen LogP contribution is -2.26. The van der Waals surface area contributed by atoms with Crippen molar-refractivity contribution in [3.05, 3.63) is 29.4 Å². The Labute approximate surface area is 151 Å². The zero-order valence-corrected chi connectivity index (χ0v) is 15.1. The summed E-state index contributed by atoms with van der Waals surface area (Å²) in [5, 5.41) is 11.0. The molecule has 0 amide bonds. The van der Waals surface area contributed by atoms with Gasteiger partial charge in [-0.25, -0.2) is 9.97 Å². The predicted molar refractivity (Wildman–Crippen MR) is 103 cm³/mol. The van der Waals surface area contributed by atoms with E-state index in [1.807, 2.05) is 25.2 Å². The van der Waals surface area contributed by atoms with Crippen LogP contribution in [-0.2, 0) is 0 Å². The fourth-order valence-corrected chi connectivity index (χ4v) is 3.08. The number of hydrogen-bond donors (Lipinski definition) is 3. The minimum atomic E-state index is 0.574. The normalized spacial score (nSPS) is 11.0. The number of H-pyrrole nitrogens is 1. The van der Waals surface area contributed by atoms with E-state index in [4.69, 9.17) is 17.3 Å². The van der Waals surface area contributed by atoms with Crippen LogP contribution in [0.5, 0.6) is 0 Å². The van der Waals surface area contributed by atoms with Crippen molar-refractivity contribution in [1.29, 1.82) is 0 Å². The molecule has 0 unspecified atom stereocenters. The van der Waals surface area contributed by atoms with Crippen LogP contribution in [0.2, 0.25) is 5.02 Å². The van der Waals surface area contributed by atoms with Crippen molar-refractivity contribution in [2.75, 3.05) is 36.9 Å². The third-order valence-electron chi connectivity index (χ3n) is 4.13. The molecule has 0 atom stereocenters. The molecule has 4 N–H and O–H groups in total. The Kier molecular flexibility index (Phi) is 5.35. The SMILES string of the molecule is CCN(CCCN)c1cnc2c(-c3cccc(NC)c3Cl)[nH]nc2n1. The van der Waals surface area contributed by atoms with E-state index in [9.17, 15) is 0 Å². The van der Waals surface area contributed by atoms with Crippen LogP contribution < -0.4 is 16.0 Å². The van der Waals surface area contributed by atoms with Gasteiger partial charge < -0.3 is 16.0 Å². The number of anilines is 2. The number of nitrogens with zero attached hydrogens (tertiary/aromatic N) is 4. The fraction of sp³-hybridized carbons (Fsp3) is 0.353. The van der Waals surface area contributed by atoms with E-state index in [1.165, 1.54) is 0 Å². The largest absolute Gasteiger partial charge is 0.387 e. The highest BCUT2D eigenvalue weighted by molar-refractivity contribution is 6.36. The molecule has 0 radical (unpaired) electrons. The van der Waals surface area contributed by atoms with Gasteiger partial charge >= 0.3 is 0 Å². The number of fused-ring (bicyclic) bond motifs is 1. The molecule has 0 aliphatic carbocycles. The van der Waals surface area contributed by atoms with Crippen LogP contribution in [0.1, 0.15) is 13.3 Å². The number of halogens is 1. The van der Waals surface area contributed by atoms with Crippen molar-refractivity contribution in [2.45, 2.75) is 13.3 Å². The molecule has 0 bridgehead atoms. The van der Waals surface area contributed by atoms with E-state index in [0.717, 1.165) is 42.3 Å². The van der Waals surface area contributed by atoms with Crippen molar-refractivity contribution in [2.24, 2.45) is 5.73 Å². The van der Waals surface area contributed by atoms with Crippen molar-refractivity contribution < 1.29 is 0 Å². The first-order chi connectivity index (χ1) is 12.2. The maximum absolute atomic E-state index is 6.48. The Balaban J connectivity index is 2.01. The summed E-state index contributed by atoms with van der Waals surface area (Å²) < 4.78 is 0. The Bertz CT molecular complexity index is 861. The number of nitrogens with two attached hydrogens (primary N) is 1. The molecule has 0 aliphatic rings. The summed E-state index contributed by atoms with van der Waals surface area (Å²) in [5.41, 5.74) is 9.34. The monoisotopic (exact) mass is 359 g/mol. The van der Waals surface area contributed by atoms with E-state index < -0.39 is 0 Å². The average molecular weight is 360 g/mol. The van der Waals surface area contributed by atoms with Gasteiger partial charge in [0, 0.05) is 25.7 Å². The summed E-state index contributed by atoms with van der Waals surface area (Å²) in [6, 6.07) is 5.79. The van der Waals surface area contributed by atoms with Crippen LogP contribution in [0, 0.1) is 0 Å². The Hall–Kier alpha value is -2.38. The highest BCUT2D eigenvalue weighted by atomic mass is 35.5. The molecule has 3 rings (SSSR count). The molecule has 7 nitrogen and oxygen atoms in total. The summed E-state index contributed by atoms with van der Waals surface area (Å²) in [6.45, 7) is 4.43. The molecule has 0 fully saturated rings. The Morgan fingerprint density at radius 2 is 2.20 bits per heavy atom. The zero-order valence-electron chi connectivity index (χ0n) is 14.4. The van der Waals surface area contributed by atoms with Gasteiger partial charge in [-0.1, -0.05) is 23.7 Å². The maximum Gasteiger partial charge on any atom is 0.202 e. The molecular weight excluding hydrogens is 338 g/mol. The van der Waals surface area contributed by atoms with E-state index in [2.05, 4.69) is 37.3 Å². The Morgan fingerprint density at radius 1 is 1.36 bits per heavy atom. The Morgan fingerprint density at radius 3 is 2.92 bits per heavy atom. The van der Waals surface area contributed by atoms with Crippen LogP contribution >= 0.6 is 11.6 Å². The summed E-state index contributed by atoms with van der Waals surface area (Å²) in [6.07, 6.45) is 2.68. The quantitative estimate of drug-likeness (QED) is 0.600. The molecule has 8 heteroatoms. The minimum Gasteiger partial charge on any atom is -0.387 e. The number of rotatable bonds is 7. The number of benzene rings is 1. The van der Waals surface area contributed by atoms with Gasteiger partial charge in [0.15, 0.2) is 0 Å². The average Bonchev–Trinajstić information content (AvgIpc) is 3.06. The van der Waals surface area contributed by atoms with E-state index >= 15 is 0 Å². The molecule has 0 aliphatic heterocycles. The van der Waals surface area contributed by atoms with Gasteiger partial charge in [0.1, 0.15) is 11.3 Å². The lowest BCUT2D eigenvalue weighted by molar-refractivity contribution is 0.744. The number of nitrogens with one attached hydrogen (secondary N) is 2. The first kappa shape index (κ1) is 17.4. The summed E-state index contributed by atoms with van der Waals surface area (Å²) in [5.74, 6) is 0.802. The van der Waals surface area contributed by atoms with Gasteiger partial charge in [-0.3, -0.25) is 5.10 Å². The van der Waals surface area contributed by atoms with Gasteiger partial charge in [-0.2, -0.15) is 5.10 Å². The molecule has 0 spiro atoms. The maximum atomic E-state index is 6.48. The van der Waals surface area contributed by atoms with Crippen LogP contribution in [0.3, 0.4) is 0 Å². The topological polar surface area (TPSA) is 95.8 Å². The minimum absolute atomic E-state index is 0.574. The second-order valence-corrected chi connectivity index (χ2v) is 6.02. The van der Waals surface area contributed by atoms with E-state index in [1.54, 1.807) is 6.20 Å². The van der Waals surface area contributed by atoms with E-state index in [0.29, 0.717) is 22.7 Å². The number of hydrogen-bond acceptors (Lipinski definition) is 6. The third-order valence-corrected chi connectivity index (χ3v) is 4.53. The predicted octanol–water partition coefficient (Wildman–Crippen LogP) is 2.89. The standard InChI is InChI=1S/C17H22ClN7/c1-3-25(9-5-8-19)13-10-21-16-15(23-24-17(16)22-13)11-6-4-7-12(20-2)14(11)18/h4,6-7,10,20H,3,5,8-9,19H2,1-2H3,(H,22,23,24). The molecular formula is C17H22ClN7. The second kappa shape index (κ2) is 7.67. The smallest absolute Gasteiger partial charge is 0.202 e. The van der Waals surface area contributed by atoms with Gasteiger partial charge in [-0.15, -0.1) is 0 Å². The second-order valence-electron chi connectivity index (χ2n) is 5.64. The van der Waals surface area contributed by atoms with Crippen molar-refractivity contribution in [3.63, 3.8) is 0 Å². The lowest BCUT2D eigenvalue weighted by atomic mass is 10.1. The molecule has 25 heavy (non-hydrogen) atoms. The highest BCUT2D eigenvalue weighted by Gasteiger charge is 2.16. The number of aromatic nitrogens is 4. The van der Waals surface area contributed by atoms with Crippen LogP contribution in [-0.4, -0.2) is 46.8 Å². The lowest BCUT2D eigenvalue weighted by Gasteiger charge is -2.20. The number of aromatic amines is 1. The van der Waals surface area contributed by atoms with Crippen LogP contribution in [0.25, 0.3) is 22.4 Å². The van der Waals surface area contributed by atoms with Gasteiger partial charge in [0.2, 0.25) is 5.65 Å². The van der Waals surface area contributed by atoms with Gasteiger partial charge in [0.05, 0.1) is 22.6 Å². The van der Waals surface area contributed by atoms with Crippen molar-refractivity contribution in [3.8, 4) is 11.3 Å².